The van der Waals surface area contributed by atoms with E-state index in [1.807, 2.05) is 0 Å². The van der Waals surface area contributed by atoms with E-state index in [-0.39, 0.29) is 23.8 Å². The number of hydrazone groups is 1. The largest absolute Gasteiger partial charge is 0.391 e. The number of amidine groups is 1. The lowest BCUT2D eigenvalue weighted by Crippen LogP contribution is -2.54. The van der Waals surface area contributed by atoms with Crippen LogP contribution in [0.15, 0.2) is 17.3 Å². The molecule has 0 heterocycles. The topological polar surface area (TPSA) is 87.9 Å². The summed E-state index contributed by atoms with van der Waals surface area (Å²) < 4.78 is 0. The van der Waals surface area contributed by atoms with E-state index < -0.39 is 16.5 Å². The predicted molar refractivity (Wildman–Crippen MR) is 133 cm³/mol. The average Bonchev–Trinajstić information content (AvgIpc) is 3.03. The van der Waals surface area contributed by atoms with Crippen LogP contribution >= 0.6 is 0 Å². The SMILES string of the molecule is [B]C1([B])CC2C3CCC4(C)C(C(O)CN(N)/N=C(/C)N)CCC4C3CCC2C([B])([B])C1=C. The number of rotatable bonds is 4. The van der Waals surface area contributed by atoms with Gasteiger partial charge >= 0.3 is 0 Å². The molecule has 9 heteroatoms. The van der Waals surface area contributed by atoms with Gasteiger partial charge in [-0.25, -0.2) is 11.0 Å². The van der Waals surface area contributed by atoms with Crippen molar-refractivity contribution in [3.05, 3.63) is 12.2 Å². The summed E-state index contributed by atoms with van der Waals surface area (Å²) in [7, 11) is 26.1. The lowest BCUT2D eigenvalue weighted by Gasteiger charge is -2.63. The van der Waals surface area contributed by atoms with Gasteiger partial charge in [-0.3, -0.25) is 0 Å². The Labute approximate surface area is 199 Å². The standard InChI is InChI=1S/C23H36B4N4O/c1-12-22(24,25)10-16-14-8-9-21(3)17(15(14)4-5-18(16)23(12,26)27)6-7-19(21)20(32)11-31(29)30-13(2)28/h14-20,32H,1,4-11,29H2,2-3H3,(H2,28,30). The maximum Gasteiger partial charge on any atom is 0.118 e. The monoisotopic (exact) mass is 428 g/mol. The molecule has 0 aromatic rings. The molecule has 0 aromatic carbocycles. The second-order valence-electron chi connectivity index (χ2n) is 11.6. The Hall–Kier alpha value is -0.810. The van der Waals surface area contributed by atoms with Gasteiger partial charge in [0.1, 0.15) is 5.84 Å². The maximum atomic E-state index is 11.1. The van der Waals surface area contributed by atoms with Gasteiger partial charge < -0.3 is 10.8 Å². The molecule has 4 saturated carbocycles. The van der Waals surface area contributed by atoms with Crippen molar-refractivity contribution in [2.75, 3.05) is 6.54 Å². The van der Waals surface area contributed by atoms with Crippen molar-refractivity contribution >= 4 is 37.2 Å². The third-order valence-electron chi connectivity index (χ3n) is 9.84. The molecule has 8 radical (unpaired) electrons. The van der Waals surface area contributed by atoms with Gasteiger partial charge in [-0.15, -0.1) is 11.7 Å². The van der Waals surface area contributed by atoms with Crippen LogP contribution in [-0.2, 0) is 0 Å². The van der Waals surface area contributed by atoms with E-state index in [0.717, 1.165) is 38.5 Å². The highest BCUT2D eigenvalue weighted by molar-refractivity contribution is 6.48. The van der Waals surface area contributed by atoms with Gasteiger partial charge in [-0.1, -0.05) is 35.8 Å². The average molecular weight is 428 g/mol. The number of fused-ring (bicyclic) bond motifs is 5. The summed E-state index contributed by atoms with van der Waals surface area (Å²) in [5.41, 5.74) is 6.30. The van der Waals surface area contributed by atoms with Gasteiger partial charge in [0.25, 0.3) is 0 Å². The van der Waals surface area contributed by atoms with Crippen LogP contribution in [0.25, 0.3) is 0 Å². The van der Waals surface area contributed by atoms with Crippen molar-refractivity contribution in [3.63, 3.8) is 0 Å². The van der Waals surface area contributed by atoms with E-state index in [9.17, 15) is 5.11 Å². The zero-order valence-electron chi connectivity index (χ0n) is 19.7. The quantitative estimate of drug-likeness (QED) is 0.159. The van der Waals surface area contributed by atoms with Crippen LogP contribution < -0.4 is 11.6 Å². The minimum Gasteiger partial charge on any atom is -0.391 e. The highest BCUT2D eigenvalue weighted by Crippen LogP contribution is 2.69. The normalized spacial score (nSPS) is 43.6. The van der Waals surface area contributed by atoms with E-state index in [1.54, 1.807) is 6.92 Å². The first kappa shape index (κ1) is 24.3. The molecule has 166 valence electrons. The van der Waals surface area contributed by atoms with Crippen LogP contribution in [0.3, 0.4) is 0 Å². The summed E-state index contributed by atoms with van der Waals surface area (Å²) in [5, 5.41) is 14.4. The molecule has 0 spiro atoms. The van der Waals surface area contributed by atoms with Crippen molar-refractivity contribution in [2.24, 2.45) is 57.6 Å². The number of nitrogens with two attached hydrogens (primary N) is 2. The number of allylic oxidation sites excluding steroid dienone is 1. The molecule has 0 amide bonds. The Kier molecular flexibility index (Phi) is 6.19. The van der Waals surface area contributed by atoms with E-state index in [1.165, 1.54) is 5.12 Å². The zero-order valence-corrected chi connectivity index (χ0v) is 19.7. The van der Waals surface area contributed by atoms with Crippen molar-refractivity contribution in [2.45, 2.75) is 75.3 Å². The molecule has 0 aliphatic heterocycles. The third-order valence-corrected chi connectivity index (χ3v) is 9.84. The molecule has 0 saturated heterocycles. The lowest BCUT2D eigenvalue weighted by atomic mass is 9.27. The number of nitrogens with zero attached hydrogens (tertiary/aromatic N) is 2. The van der Waals surface area contributed by atoms with Crippen molar-refractivity contribution < 1.29 is 5.11 Å². The Morgan fingerprint density at radius 3 is 2.44 bits per heavy atom. The first-order chi connectivity index (χ1) is 14.8. The summed E-state index contributed by atoms with van der Waals surface area (Å²) >= 11 is 0. The summed E-state index contributed by atoms with van der Waals surface area (Å²) in [4.78, 5) is 0. The summed E-state index contributed by atoms with van der Waals surface area (Å²) in [6.07, 6.45) is 6.54. The zero-order chi connectivity index (χ0) is 23.6. The van der Waals surface area contributed by atoms with Crippen molar-refractivity contribution in [3.8, 4) is 0 Å². The molecular weight excluding hydrogens is 392 g/mol. The summed E-state index contributed by atoms with van der Waals surface area (Å²) in [6.45, 7) is 8.43. The highest BCUT2D eigenvalue weighted by Gasteiger charge is 2.60. The number of hydrogen-bond donors (Lipinski definition) is 3. The molecule has 32 heavy (non-hydrogen) atoms. The smallest absolute Gasteiger partial charge is 0.118 e. The van der Waals surface area contributed by atoms with E-state index >= 15 is 0 Å². The van der Waals surface area contributed by atoms with Crippen LogP contribution in [0.4, 0.5) is 0 Å². The van der Waals surface area contributed by atoms with Gasteiger partial charge in [-0.2, -0.15) is 0 Å². The van der Waals surface area contributed by atoms with E-state index in [2.05, 4.69) is 18.6 Å². The fraction of sp³-hybridized carbons (Fsp3) is 0.870. The fourth-order valence-corrected chi connectivity index (χ4v) is 8.41. The second kappa shape index (κ2) is 8.15. The molecular formula is C23H36B4N4O. The van der Waals surface area contributed by atoms with Crippen molar-refractivity contribution in [1.29, 1.82) is 0 Å². The molecule has 4 aliphatic carbocycles. The van der Waals surface area contributed by atoms with Crippen LogP contribution in [-0.4, -0.2) is 60.1 Å². The number of hydrazine groups is 1. The van der Waals surface area contributed by atoms with Crippen LogP contribution in [0.5, 0.6) is 0 Å². The maximum absolute atomic E-state index is 11.1. The fourth-order valence-electron chi connectivity index (χ4n) is 8.41. The summed E-state index contributed by atoms with van der Waals surface area (Å²) in [6, 6.07) is 0. The Morgan fingerprint density at radius 2 is 1.78 bits per heavy atom. The van der Waals surface area contributed by atoms with Crippen LogP contribution in [0.1, 0.15) is 58.8 Å². The van der Waals surface area contributed by atoms with Crippen LogP contribution in [0, 0.1) is 40.9 Å². The predicted octanol–water partition coefficient (Wildman–Crippen LogP) is 1.77. The molecule has 4 aliphatic rings. The number of hydrogen-bond acceptors (Lipinski definition) is 4. The van der Waals surface area contributed by atoms with E-state index in [4.69, 9.17) is 43.0 Å². The number of aliphatic hydroxyl groups is 1. The second-order valence-corrected chi connectivity index (χ2v) is 11.6. The van der Waals surface area contributed by atoms with Crippen LogP contribution in [0.2, 0.25) is 10.4 Å². The van der Waals surface area contributed by atoms with Crippen molar-refractivity contribution in [1.82, 2.24) is 5.12 Å². The lowest BCUT2D eigenvalue weighted by molar-refractivity contribution is -0.0828. The minimum absolute atomic E-state index is 0.0824. The summed E-state index contributed by atoms with van der Waals surface area (Å²) in [5.74, 6) is 8.69. The highest BCUT2D eigenvalue weighted by atomic mass is 16.3. The van der Waals surface area contributed by atoms with Gasteiger partial charge in [0, 0.05) is 0 Å². The molecule has 4 rings (SSSR count). The first-order valence-corrected chi connectivity index (χ1v) is 12.2. The molecule has 0 bridgehead atoms. The van der Waals surface area contributed by atoms with Gasteiger partial charge in [0.05, 0.1) is 44.0 Å². The Balaban J connectivity index is 1.53. The van der Waals surface area contributed by atoms with Gasteiger partial charge in [0.2, 0.25) is 0 Å². The number of aliphatic hydroxyl groups excluding tert-OH is 1. The Bertz CT molecular complexity index is 786. The molecule has 8 unspecified atom stereocenters. The van der Waals surface area contributed by atoms with Gasteiger partial charge in [0.15, 0.2) is 0 Å². The minimum atomic E-state index is -1.02. The first-order valence-electron chi connectivity index (χ1n) is 12.2. The molecule has 5 nitrogen and oxygen atoms in total. The van der Waals surface area contributed by atoms with Gasteiger partial charge in [-0.05, 0) is 80.0 Å². The molecule has 5 N–H and O–H groups in total. The molecule has 0 aromatic heterocycles. The molecule has 4 fully saturated rings. The molecule has 8 atom stereocenters. The third kappa shape index (κ3) is 3.79. The Morgan fingerprint density at radius 1 is 1.12 bits per heavy atom. The van der Waals surface area contributed by atoms with E-state index in [0.29, 0.717) is 41.5 Å².